The van der Waals surface area contributed by atoms with Gasteiger partial charge in [-0.25, -0.2) is 0 Å². The van der Waals surface area contributed by atoms with Gasteiger partial charge in [0.1, 0.15) is 0 Å². The number of aryl methyl sites for hydroxylation is 1. The maximum Gasteiger partial charge on any atom is 0.198 e. The fourth-order valence-corrected chi connectivity index (χ4v) is 18.6. The molecule has 0 bridgehead atoms. The van der Waals surface area contributed by atoms with Gasteiger partial charge in [-0.3, -0.25) is 52.8 Å². The molecule has 5 aliphatic rings. The van der Waals surface area contributed by atoms with Gasteiger partial charge in [-0.2, -0.15) is 0 Å². The van der Waals surface area contributed by atoms with E-state index in [1.165, 1.54) is 5.57 Å². The molecule has 4 saturated carbocycles. The number of H-pyrrole nitrogens is 1. The van der Waals surface area contributed by atoms with E-state index >= 15 is 0 Å². The van der Waals surface area contributed by atoms with Crippen LogP contribution >= 0.6 is 25.4 Å². The van der Waals surface area contributed by atoms with Gasteiger partial charge in [0.2, 0.25) is 0 Å². The van der Waals surface area contributed by atoms with Crippen LogP contribution < -0.4 is 21.3 Å². The van der Waals surface area contributed by atoms with E-state index in [9.17, 15) is 38.0 Å². The number of aromatic amines is 1. The number of allylic oxidation sites excluding steroid dienone is 4. The Balaban J connectivity index is 0.000000262. The third-order valence-corrected chi connectivity index (χ3v) is 25.5. The van der Waals surface area contributed by atoms with Gasteiger partial charge in [0.15, 0.2) is 48.5 Å². The predicted molar refractivity (Wildman–Crippen MR) is 459 cm³/mol. The first-order valence-electron chi connectivity index (χ1n) is 38.2. The van der Waals surface area contributed by atoms with E-state index in [2.05, 4.69) is 145 Å². The summed E-state index contributed by atoms with van der Waals surface area (Å²) in [5, 5.41) is 23.7. The lowest BCUT2D eigenvalue weighted by molar-refractivity contribution is 0.102. The fourth-order valence-electron chi connectivity index (χ4n) is 16.5. The van der Waals surface area contributed by atoms with Crippen LogP contribution in [0.2, 0.25) is 0 Å². The van der Waals surface area contributed by atoms with Crippen molar-refractivity contribution in [2.45, 2.75) is 247 Å². The summed E-state index contributed by atoms with van der Waals surface area (Å²) in [6.45, 7) is 38.1. The van der Waals surface area contributed by atoms with Gasteiger partial charge >= 0.3 is 0 Å². The summed E-state index contributed by atoms with van der Waals surface area (Å²) < 4.78 is 37.2. The molecular formula is C89H130N11O8P3. The first-order chi connectivity index (χ1) is 50.8. The molecule has 4 fully saturated rings. The van der Waals surface area contributed by atoms with Gasteiger partial charge in [0.25, 0.3) is 0 Å². The molecule has 0 saturated heterocycles. The number of aromatic nitrogens is 7. The highest BCUT2D eigenvalue weighted by molar-refractivity contribution is 7.24. The number of carbonyl (C=O) groups excluding carboxylic acids is 4. The second kappa shape index (κ2) is 41.2. The molecule has 12 rings (SSSR count). The lowest BCUT2D eigenvalue weighted by Crippen LogP contribution is -2.22. The Morgan fingerprint density at radius 2 is 0.757 bits per heavy atom. The first-order valence-corrected chi connectivity index (χ1v) is 41.2. The molecule has 0 amide bonds. The van der Waals surface area contributed by atoms with E-state index in [0.717, 1.165) is 143 Å². The fraction of sp³-hybridized carbons (Fsp3) is 0.551. The third-order valence-electron chi connectivity index (χ3n) is 23.7. The molecule has 12 atom stereocenters. The zero-order valence-electron chi connectivity index (χ0n) is 66.2. The van der Waals surface area contributed by atoms with Crippen molar-refractivity contribution < 1.29 is 38.0 Å². The van der Waals surface area contributed by atoms with Crippen LogP contribution in [0.3, 0.4) is 0 Å². The number of aliphatic hydroxyl groups excluding tert-OH is 1. The summed E-state index contributed by atoms with van der Waals surface area (Å²) >= 11 is 0. The van der Waals surface area contributed by atoms with Crippen molar-refractivity contribution in [1.29, 1.82) is 0 Å². The minimum Gasteiger partial charge on any atom is -0.396 e. The highest BCUT2D eigenvalue weighted by Gasteiger charge is 2.37. The smallest absolute Gasteiger partial charge is 0.198 e. The van der Waals surface area contributed by atoms with E-state index in [1.54, 1.807) is 55.8 Å². The average Bonchev–Trinajstić information content (AvgIpc) is 1.62. The van der Waals surface area contributed by atoms with Gasteiger partial charge in [-0.05, 0) is 249 Å². The lowest BCUT2D eigenvalue weighted by atomic mass is 9.98. The summed E-state index contributed by atoms with van der Waals surface area (Å²) in [4.78, 5) is 72.7. The number of carbonyl (C=O) groups is 4. The van der Waals surface area contributed by atoms with Crippen LogP contribution in [0.25, 0.3) is 0 Å². The highest BCUT2D eigenvalue weighted by atomic mass is 31.1. The van der Waals surface area contributed by atoms with E-state index in [4.69, 9.17) is 0 Å². The number of ketones is 4. The molecule has 111 heavy (non-hydrogen) atoms. The van der Waals surface area contributed by atoms with Crippen LogP contribution in [0.5, 0.6) is 0 Å². The predicted octanol–water partition coefficient (Wildman–Crippen LogP) is 21.9. The number of nitrogens with one attached hydrogen (secondary N) is 5. The Kier molecular flexibility index (Phi) is 34.8. The standard InChI is InChI=1S/C23H32N3O2P.C23H33N3O2.C20H25N2O2P.C19H24N3O2P.4CH4/c1-14-9-18(10-17(14)13-29-28)25-21-7-8-24-11-19(21)22(27)20-12-26(23(4,5)6)16(3)15(20)2;1-14-9-18(10-17(14)13-27)25-21-7-8-24-11-19(21)22(28)20-12-26(23(4,5)6)16(3)15(20)2;1-12-4-5-17(14(12)3)20(23)18-10-21-7-6-19(18)22-16-8-13(2)15(9-16)11-25-24;1-11-6-15(7-14(11)10-25-24)22-18-4-5-20-8-17(18)19(23)16-9-21-13(3)12(16)2;;;;/h7-8,11-12,14,17-18H,9-10,13H2,1-6H3,(H,24,25);7-8,11-12,14,17-18,27H,9-10,13H2,1-6H3,(H,24,25);5-7,10,13,15-16H,4,8-9,11H2,1-3H3,(H,21,22);4-5,8-9,11,14-15,21H,6-7,10H2,1-3H3,(H,20,22);4*1H4/t2*14-,17+,18-;13-,15+,16-;11-,14+,15-;;;;/m0000..../s1. The number of aliphatic hydroxyl groups is 1. The quantitative estimate of drug-likeness (QED) is 0.0257. The summed E-state index contributed by atoms with van der Waals surface area (Å²) in [6, 6.07) is 8.68. The van der Waals surface area contributed by atoms with E-state index in [1.807, 2.05) is 77.4 Å². The van der Waals surface area contributed by atoms with Crippen molar-refractivity contribution in [3.63, 3.8) is 0 Å². The van der Waals surface area contributed by atoms with Gasteiger partial charge < -0.3 is 40.5 Å². The summed E-state index contributed by atoms with van der Waals surface area (Å²) in [7, 11) is 0.667. The van der Waals surface area contributed by atoms with Crippen molar-refractivity contribution in [2.24, 2.45) is 47.3 Å². The molecule has 19 nitrogen and oxygen atoms in total. The second-order valence-electron chi connectivity index (χ2n) is 33.1. The van der Waals surface area contributed by atoms with Crippen LogP contribution in [-0.4, -0.2) is 112 Å². The van der Waals surface area contributed by atoms with Gasteiger partial charge in [0, 0.05) is 191 Å². The number of anilines is 4. The maximum absolute atomic E-state index is 13.4. The SMILES string of the molecule is C.C.C.C.CC1=C(C)C(C(=O)c2cnccc2N[C@@H]2C[C@H](CP=O)[C@@H](C)C2)=CC1.Cc1[nH]cc(C(=O)c2cnccc2N[C@@H]2C[C@H](CP=O)[C@@H](C)C2)c1C.Cc1c(C(=O)c2cnccc2N[C@@H]2C[C@H](CO)[C@@H](C)C2)cn(C(C)(C)C)c1C.Cc1c(C(=O)c2cnccc2N[C@@H]2C[C@H](CP=O)[C@@H](C)C2)cn(C(C)(C)C)c1C. The molecule has 22 heteroatoms. The highest BCUT2D eigenvalue weighted by Crippen LogP contribution is 2.41. The average molecular weight is 1580 g/mol. The van der Waals surface area contributed by atoms with Crippen LogP contribution in [0.1, 0.15) is 262 Å². The Labute approximate surface area is 668 Å². The van der Waals surface area contributed by atoms with Crippen LogP contribution in [0.4, 0.5) is 22.7 Å². The van der Waals surface area contributed by atoms with Crippen molar-refractivity contribution >= 4 is 71.3 Å². The van der Waals surface area contributed by atoms with Crippen LogP contribution in [0.15, 0.2) is 115 Å². The minimum absolute atomic E-state index is 0. The van der Waals surface area contributed by atoms with E-state index < -0.39 is 0 Å². The minimum atomic E-state index is -0.0840. The Bertz CT molecular complexity index is 4420. The van der Waals surface area contributed by atoms with Crippen molar-refractivity contribution in [1.82, 2.24) is 34.1 Å². The Morgan fingerprint density at radius 3 is 1.02 bits per heavy atom. The number of Topliss-reactive ketones (excluding diaryl/α,β-unsaturated/α-hetero) is 1. The molecule has 0 radical (unpaired) electrons. The Hall–Kier alpha value is -7.94. The molecular weight excluding hydrogens is 1440 g/mol. The molecule has 5 aliphatic carbocycles. The number of rotatable bonds is 23. The lowest BCUT2D eigenvalue weighted by Gasteiger charge is -2.23. The topological polar surface area (TPSA) is 265 Å². The monoisotopic (exact) mass is 1570 g/mol. The van der Waals surface area contributed by atoms with Gasteiger partial charge in [0.05, 0.1) is 22.3 Å². The number of hydrogen-bond acceptors (Lipinski definition) is 16. The molecule has 0 aromatic carbocycles. The summed E-state index contributed by atoms with van der Waals surface area (Å²) in [5.41, 5.74) is 17.2. The summed E-state index contributed by atoms with van der Waals surface area (Å²) in [6.07, 6.45) is 32.2. The van der Waals surface area contributed by atoms with Crippen molar-refractivity contribution in [2.75, 3.05) is 46.4 Å². The molecule has 0 spiro atoms. The first kappa shape index (κ1) is 93.7. The van der Waals surface area contributed by atoms with Crippen LogP contribution in [0, 0.1) is 88.9 Å². The third kappa shape index (κ3) is 22.5. The molecule has 604 valence electrons. The van der Waals surface area contributed by atoms with Gasteiger partial charge in [-0.1, -0.05) is 69.1 Å². The normalized spacial score (nSPS) is 22.6. The molecule has 6 N–H and O–H groups in total. The molecule has 7 aromatic rings. The van der Waals surface area contributed by atoms with E-state index in [0.29, 0.717) is 99.6 Å². The molecule has 0 unspecified atom stereocenters. The second-order valence-corrected chi connectivity index (χ2v) is 35.0. The molecule has 0 aliphatic heterocycles. The molecule has 7 heterocycles. The van der Waals surface area contributed by atoms with Crippen molar-refractivity contribution in [3.8, 4) is 0 Å². The molecule has 7 aromatic heterocycles. The number of pyridine rings is 4. The van der Waals surface area contributed by atoms with Crippen LogP contribution in [-0.2, 0) is 24.8 Å². The maximum atomic E-state index is 13.4. The number of nitrogens with zero attached hydrogens (tertiary/aromatic N) is 6. The Morgan fingerprint density at radius 1 is 0.450 bits per heavy atom. The van der Waals surface area contributed by atoms with E-state index in [-0.39, 0.29) is 108 Å². The number of hydrogen-bond donors (Lipinski definition) is 6. The largest absolute Gasteiger partial charge is 0.396 e. The van der Waals surface area contributed by atoms with Gasteiger partial charge in [-0.15, -0.1) is 0 Å². The summed E-state index contributed by atoms with van der Waals surface area (Å²) in [5.74, 6) is 3.85. The zero-order valence-corrected chi connectivity index (χ0v) is 68.9. The van der Waals surface area contributed by atoms with Crippen molar-refractivity contribution in [3.05, 3.63) is 188 Å². The zero-order chi connectivity index (χ0) is 77.9.